The fourth-order valence-corrected chi connectivity index (χ4v) is 10.3. The number of para-hydroxylation sites is 1. The predicted octanol–water partition coefficient (Wildman–Crippen LogP) is 14.4. The zero-order chi connectivity index (χ0) is 40.8. The van der Waals surface area contributed by atoms with Gasteiger partial charge < -0.3 is 4.42 Å². The van der Waals surface area contributed by atoms with Crippen LogP contribution in [0.15, 0.2) is 217 Å². The van der Waals surface area contributed by atoms with Crippen molar-refractivity contribution in [1.29, 1.82) is 0 Å². The van der Waals surface area contributed by atoms with E-state index in [9.17, 15) is 0 Å². The normalized spacial score (nSPS) is 13.0. The number of aromatic nitrogens is 3. The molecule has 2 heterocycles. The number of furan rings is 1. The van der Waals surface area contributed by atoms with E-state index in [1.54, 1.807) is 0 Å². The molecule has 2 aliphatic carbocycles. The maximum absolute atomic E-state index is 6.85. The first-order valence-electron chi connectivity index (χ1n) is 21.1. The molecule has 13 rings (SSSR count). The first kappa shape index (κ1) is 34.6. The minimum atomic E-state index is -0.563. The molecule has 0 aliphatic heterocycles. The molecule has 11 aromatic rings. The van der Waals surface area contributed by atoms with Crippen LogP contribution in [0.4, 0.5) is 0 Å². The lowest BCUT2D eigenvalue weighted by molar-refractivity contribution is 0.670. The van der Waals surface area contributed by atoms with Gasteiger partial charge in [0.15, 0.2) is 17.5 Å². The molecule has 1 spiro atoms. The molecule has 0 amide bonds. The number of hydrogen-bond acceptors (Lipinski definition) is 4. The molecule has 2 aliphatic rings. The molecule has 62 heavy (non-hydrogen) atoms. The van der Waals surface area contributed by atoms with Gasteiger partial charge in [-0.3, -0.25) is 0 Å². The second-order valence-electron chi connectivity index (χ2n) is 16.2. The van der Waals surface area contributed by atoms with Gasteiger partial charge in [0.25, 0.3) is 0 Å². The Kier molecular flexibility index (Phi) is 7.49. The van der Waals surface area contributed by atoms with Crippen molar-refractivity contribution >= 4 is 21.9 Å². The number of fused-ring (bicyclic) bond motifs is 15. The summed E-state index contributed by atoms with van der Waals surface area (Å²) in [7, 11) is 0. The third-order valence-electron chi connectivity index (χ3n) is 13.0. The summed E-state index contributed by atoms with van der Waals surface area (Å²) in [4.78, 5) is 15.0. The molecule has 288 valence electrons. The molecule has 4 heteroatoms. The Morgan fingerprint density at radius 2 is 0.742 bits per heavy atom. The van der Waals surface area contributed by atoms with Gasteiger partial charge in [-0.1, -0.05) is 188 Å². The van der Waals surface area contributed by atoms with Gasteiger partial charge >= 0.3 is 0 Å². The summed E-state index contributed by atoms with van der Waals surface area (Å²) in [6, 6.07) is 75.9. The van der Waals surface area contributed by atoms with Crippen LogP contribution in [0, 0.1) is 0 Å². The molecule has 0 fully saturated rings. The average Bonchev–Trinajstić information content (AvgIpc) is 3.84. The molecule has 0 saturated heterocycles. The van der Waals surface area contributed by atoms with E-state index in [0.717, 1.165) is 49.8 Å². The van der Waals surface area contributed by atoms with Crippen molar-refractivity contribution in [2.24, 2.45) is 0 Å². The Hall–Kier alpha value is -8.21. The van der Waals surface area contributed by atoms with Gasteiger partial charge in [-0.25, -0.2) is 15.0 Å². The largest absolute Gasteiger partial charge is 0.455 e. The smallest absolute Gasteiger partial charge is 0.164 e. The van der Waals surface area contributed by atoms with Gasteiger partial charge in [-0.2, -0.15) is 0 Å². The molecule has 0 radical (unpaired) electrons. The molecular weight excluding hydrogens is 755 g/mol. The molecule has 0 unspecified atom stereocenters. The lowest BCUT2D eigenvalue weighted by atomic mass is 9.65. The van der Waals surface area contributed by atoms with Crippen LogP contribution in [0.1, 0.15) is 22.3 Å². The Bertz CT molecular complexity index is 3460. The van der Waals surface area contributed by atoms with Crippen molar-refractivity contribution in [1.82, 2.24) is 15.0 Å². The van der Waals surface area contributed by atoms with Gasteiger partial charge in [-0.15, -0.1) is 0 Å². The second-order valence-corrected chi connectivity index (χ2v) is 16.2. The Morgan fingerprint density at radius 1 is 0.290 bits per heavy atom. The minimum Gasteiger partial charge on any atom is -0.455 e. The summed E-state index contributed by atoms with van der Waals surface area (Å²) < 4.78 is 6.85. The van der Waals surface area contributed by atoms with Crippen LogP contribution in [-0.4, -0.2) is 15.0 Å². The van der Waals surface area contributed by atoms with Crippen LogP contribution in [0.3, 0.4) is 0 Å². The maximum Gasteiger partial charge on any atom is 0.164 e. The molecule has 4 nitrogen and oxygen atoms in total. The van der Waals surface area contributed by atoms with Crippen LogP contribution in [0.2, 0.25) is 0 Å². The van der Waals surface area contributed by atoms with Crippen molar-refractivity contribution in [2.45, 2.75) is 5.41 Å². The highest BCUT2D eigenvalue weighted by molar-refractivity contribution is 6.11. The minimum absolute atomic E-state index is 0.563. The van der Waals surface area contributed by atoms with E-state index in [2.05, 4.69) is 146 Å². The second kappa shape index (κ2) is 13.4. The lowest BCUT2D eigenvalue weighted by Crippen LogP contribution is -2.29. The Morgan fingerprint density at radius 3 is 1.32 bits per heavy atom. The molecular formula is C58H35N3O. The quantitative estimate of drug-likeness (QED) is 0.178. The van der Waals surface area contributed by atoms with E-state index in [1.165, 1.54) is 55.6 Å². The van der Waals surface area contributed by atoms with Gasteiger partial charge in [0, 0.05) is 33.0 Å². The van der Waals surface area contributed by atoms with Crippen LogP contribution < -0.4 is 0 Å². The number of hydrogen-bond donors (Lipinski definition) is 0. The summed E-state index contributed by atoms with van der Waals surface area (Å²) in [6.07, 6.45) is 0. The zero-order valence-corrected chi connectivity index (χ0v) is 33.5. The molecule has 0 saturated carbocycles. The lowest BCUT2D eigenvalue weighted by Gasteiger charge is -2.35. The topological polar surface area (TPSA) is 51.8 Å². The Balaban J connectivity index is 1.01. The van der Waals surface area contributed by atoms with Crippen molar-refractivity contribution in [2.75, 3.05) is 0 Å². The standard InChI is InChI=1S/C58H35N3O/c1-3-16-36(17-4-1)55-59-56(37-18-5-2-6-19-37)61-57(60-55)39-31-33-53-48(34-39)47-26-15-25-40(54(47)62-53)38-30-32-46-45-24-11-14-29-51(45)58(52(46)35-38)49-27-12-9-22-43(49)41-20-7-8-21-42(41)44-23-10-13-28-50(44)58/h1-35H. The van der Waals surface area contributed by atoms with Crippen LogP contribution in [-0.2, 0) is 5.41 Å². The van der Waals surface area contributed by atoms with Crippen LogP contribution in [0.25, 0.3) is 101 Å². The first-order chi connectivity index (χ1) is 30.7. The van der Waals surface area contributed by atoms with Gasteiger partial charge in [0.05, 0.1) is 5.41 Å². The number of rotatable bonds is 4. The first-order valence-corrected chi connectivity index (χ1v) is 21.1. The number of nitrogens with zero attached hydrogens (tertiary/aromatic N) is 3. The monoisotopic (exact) mass is 789 g/mol. The van der Waals surface area contributed by atoms with E-state index in [-0.39, 0.29) is 0 Å². The third-order valence-corrected chi connectivity index (χ3v) is 13.0. The fourth-order valence-electron chi connectivity index (χ4n) is 10.3. The Labute approximate surface area is 358 Å². The maximum atomic E-state index is 6.85. The third kappa shape index (κ3) is 4.98. The van der Waals surface area contributed by atoms with Crippen LogP contribution >= 0.6 is 0 Å². The van der Waals surface area contributed by atoms with E-state index >= 15 is 0 Å². The molecule has 0 atom stereocenters. The summed E-state index contributed by atoms with van der Waals surface area (Å²) >= 11 is 0. The van der Waals surface area contributed by atoms with Crippen molar-refractivity contribution < 1.29 is 4.42 Å². The van der Waals surface area contributed by atoms with E-state index in [1.807, 2.05) is 66.7 Å². The van der Waals surface area contributed by atoms with E-state index < -0.39 is 5.41 Å². The van der Waals surface area contributed by atoms with Gasteiger partial charge in [-0.05, 0) is 85.5 Å². The highest BCUT2D eigenvalue weighted by atomic mass is 16.3. The van der Waals surface area contributed by atoms with Crippen molar-refractivity contribution in [3.8, 4) is 78.7 Å². The summed E-state index contributed by atoms with van der Waals surface area (Å²) in [5, 5.41) is 2.05. The summed E-state index contributed by atoms with van der Waals surface area (Å²) in [5.74, 6) is 1.88. The van der Waals surface area contributed by atoms with E-state index in [4.69, 9.17) is 19.4 Å². The molecule has 0 bridgehead atoms. The van der Waals surface area contributed by atoms with E-state index in [0.29, 0.717) is 17.5 Å². The van der Waals surface area contributed by atoms with Gasteiger partial charge in [0.1, 0.15) is 11.2 Å². The SMILES string of the molecule is c1ccc(-c2nc(-c3ccccc3)nc(-c3ccc4oc5c(-c6ccc7c(c6)C6(c8ccccc8-c8ccccc8-c8ccccc86)c6ccccc6-7)cccc5c4c3)n2)cc1. The highest BCUT2D eigenvalue weighted by Gasteiger charge is 2.49. The van der Waals surface area contributed by atoms with Crippen molar-refractivity contribution in [3.63, 3.8) is 0 Å². The summed E-state index contributed by atoms with van der Waals surface area (Å²) in [6.45, 7) is 0. The highest BCUT2D eigenvalue weighted by Crippen LogP contribution is 2.62. The molecule has 2 aromatic heterocycles. The number of benzene rings is 9. The van der Waals surface area contributed by atoms with Crippen molar-refractivity contribution in [3.05, 3.63) is 235 Å². The fraction of sp³-hybridized carbons (Fsp3) is 0.0172. The van der Waals surface area contributed by atoms with Gasteiger partial charge in [0.2, 0.25) is 0 Å². The predicted molar refractivity (Wildman–Crippen MR) is 251 cm³/mol. The summed E-state index contributed by atoms with van der Waals surface area (Å²) in [5.41, 5.74) is 18.7. The molecule has 0 N–H and O–H groups in total. The van der Waals surface area contributed by atoms with Crippen LogP contribution in [0.5, 0.6) is 0 Å². The zero-order valence-electron chi connectivity index (χ0n) is 33.5. The molecule has 9 aromatic carbocycles. The average molecular weight is 790 g/mol.